The van der Waals surface area contributed by atoms with Gasteiger partial charge in [0, 0.05) is 17.5 Å². The molecular weight excluding hydrogens is 373 g/mol. The van der Waals surface area contributed by atoms with Crippen LogP contribution in [0.25, 0.3) is 10.9 Å². The Balaban J connectivity index is 2.41. The van der Waals surface area contributed by atoms with E-state index in [1.807, 2.05) is 0 Å². The van der Waals surface area contributed by atoms with E-state index in [2.05, 4.69) is 0 Å². The molecule has 0 radical (unpaired) electrons. The van der Waals surface area contributed by atoms with Crippen LogP contribution in [0.2, 0.25) is 5.02 Å². The zero-order chi connectivity index (χ0) is 19.7. The van der Waals surface area contributed by atoms with E-state index >= 15 is 0 Å². The number of benzene rings is 2. The van der Waals surface area contributed by atoms with E-state index in [-0.39, 0.29) is 34.7 Å². The van der Waals surface area contributed by atoms with E-state index in [1.165, 1.54) is 18.2 Å². The minimum Gasteiger partial charge on any atom is -0.477 e. The first-order chi connectivity index (χ1) is 12.9. The van der Waals surface area contributed by atoms with E-state index in [0.29, 0.717) is 5.52 Å². The van der Waals surface area contributed by atoms with Crippen molar-refractivity contribution >= 4 is 28.5 Å². The molecule has 1 unspecified atom stereocenters. The van der Waals surface area contributed by atoms with Crippen molar-refractivity contribution in [1.29, 1.82) is 0 Å². The van der Waals surface area contributed by atoms with Crippen LogP contribution in [0.15, 0.2) is 47.3 Å². The average Bonchev–Trinajstić information content (AvgIpc) is 2.65. The molecule has 1 heterocycles. The van der Waals surface area contributed by atoms with E-state index in [4.69, 9.17) is 11.6 Å². The Bertz CT molecular complexity index is 1090. The van der Waals surface area contributed by atoms with Crippen molar-refractivity contribution in [3.63, 3.8) is 0 Å². The summed E-state index contributed by atoms with van der Waals surface area (Å²) in [4.78, 5) is 24.7. The van der Waals surface area contributed by atoms with Crippen LogP contribution in [0.4, 0.5) is 4.39 Å². The Morgan fingerprint density at radius 2 is 1.93 bits per heavy atom. The lowest BCUT2D eigenvalue weighted by Crippen LogP contribution is -2.27. The Hall–Kier alpha value is -2.70. The summed E-state index contributed by atoms with van der Waals surface area (Å²) in [5.74, 6) is -2.07. The number of aliphatic hydroxyl groups excluding tert-OH is 1. The van der Waals surface area contributed by atoms with Gasteiger partial charge in [-0.25, -0.2) is 9.18 Å². The van der Waals surface area contributed by atoms with Crippen LogP contribution in [0, 0.1) is 5.82 Å². The molecule has 7 heteroatoms. The lowest BCUT2D eigenvalue weighted by Gasteiger charge is -2.24. The third-order valence-electron chi connectivity index (χ3n) is 4.52. The highest BCUT2D eigenvalue weighted by Crippen LogP contribution is 2.26. The number of pyridine rings is 1. The Kier molecular flexibility index (Phi) is 5.30. The number of para-hydroxylation sites is 1. The molecule has 3 rings (SSSR count). The topological polar surface area (TPSA) is 79.5 Å². The van der Waals surface area contributed by atoms with Gasteiger partial charge in [0.25, 0.3) is 0 Å². The van der Waals surface area contributed by atoms with Gasteiger partial charge in [-0.2, -0.15) is 0 Å². The molecule has 0 amide bonds. The minimum absolute atomic E-state index is 0.0886. The molecule has 0 saturated carbocycles. The molecular formula is C20H17ClFNO4. The average molecular weight is 390 g/mol. The number of hydrogen-bond donors (Lipinski definition) is 2. The Morgan fingerprint density at radius 1 is 1.22 bits per heavy atom. The molecule has 27 heavy (non-hydrogen) atoms. The molecule has 140 valence electrons. The monoisotopic (exact) mass is 389 g/mol. The summed E-state index contributed by atoms with van der Waals surface area (Å²) in [6.45, 7) is 1.41. The summed E-state index contributed by atoms with van der Waals surface area (Å²) in [6, 6.07) is 10.5. The van der Waals surface area contributed by atoms with Crippen molar-refractivity contribution < 1.29 is 19.4 Å². The van der Waals surface area contributed by atoms with Crippen LogP contribution >= 0.6 is 11.6 Å². The maximum Gasteiger partial charge on any atom is 0.341 e. The largest absolute Gasteiger partial charge is 0.477 e. The highest BCUT2D eigenvalue weighted by molar-refractivity contribution is 6.30. The van der Waals surface area contributed by atoms with Gasteiger partial charge in [-0.3, -0.25) is 4.79 Å². The number of aliphatic hydroxyl groups is 1. The lowest BCUT2D eigenvalue weighted by molar-refractivity contribution is 0.0693. The summed E-state index contributed by atoms with van der Waals surface area (Å²) in [5, 5.41) is 19.5. The smallest absolute Gasteiger partial charge is 0.341 e. The van der Waals surface area contributed by atoms with Crippen molar-refractivity contribution in [1.82, 2.24) is 4.57 Å². The lowest BCUT2D eigenvalue weighted by atomic mass is 10.00. The highest BCUT2D eigenvalue weighted by Gasteiger charge is 2.25. The second kappa shape index (κ2) is 7.50. The molecule has 0 fully saturated rings. The van der Waals surface area contributed by atoms with Gasteiger partial charge in [0.15, 0.2) is 0 Å². The number of fused-ring (bicyclic) bond motifs is 1. The third kappa shape index (κ3) is 3.34. The van der Waals surface area contributed by atoms with Crippen LogP contribution in [0.3, 0.4) is 0 Å². The zero-order valence-corrected chi connectivity index (χ0v) is 15.2. The van der Waals surface area contributed by atoms with E-state index in [1.54, 1.807) is 35.8 Å². The van der Waals surface area contributed by atoms with E-state index < -0.39 is 28.8 Å². The first-order valence-electron chi connectivity index (χ1n) is 8.30. The molecule has 0 aliphatic heterocycles. The van der Waals surface area contributed by atoms with Gasteiger partial charge in [-0.1, -0.05) is 35.9 Å². The SMILES string of the molecule is CC(CO)n1c(Cc2cccc(Cl)c2F)c(C(=O)O)c(=O)c2ccccc21. The number of nitrogens with zero attached hydrogens (tertiary/aromatic N) is 1. The van der Waals surface area contributed by atoms with Gasteiger partial charge in [0.2, 0.25) is 5.43 Å². The number of carboxylic acid groups (broad SMARTS) is 1. The quantitative estimate of drug-likeness (QED) is 0.698. The normalized spacial score (nSPS) is 12.3. The molecule has 0 bridgehead atoms. The number of hydrogen-bond acceptors (Lipinski definition) is 3. The van der Waals surface area contributed by atoms with Crippen molar-refractivity contribution in [3.8, 4) is 0 Å². The molecule has 2 N–H and O–H groups in total. The molecule has 0 aliphatic rings. The molecule has 0 spiro atoms. The summed E-state index contributed by atoms with van der Waals surface area (Å²) >= 11 is 5.84. The van der Waals surface area contributed by atoms with Crippen LogP contribution in [0.1, 0.15) is 34.6 Å². The summed E-state index contributed by atoms with van der Waals surface area (Å²) in [6.07, 6.45) is -0.154. The minimum atomic E-state index is -1.40. The maximum absolute atomic E-state index is 14.4. The number of halogens is 2. The van der Waals surface area contributed by atoms with Gasteiger partial charge >= 0.3 is 5.97 Å². The van der Waals surface area contributed by atoms with E-state index in [9.17, 15) is 24.2 Å². The number of carbonyl (C=O) groups is 1. The van der Waals surface area contributed by atoms with Gasteiger partial charge in [0.05, 0.1) is 23.2 Å². The van der Waals surface area contributed by atoms with Gasteiger partial charge in [-0.05, 0) is 30.7 Å². The Morgan fingerprint density at radius 3 is 2.59 bits per heavy atom. The summed E-state index contributed by atoms with van der Waals surface area (Å²) in [5.41, 5.74) is -0.315. The van der Waals surface area contributed by atoms with Crippen LogP contribution < -0.4 is 5.43 Å². The van der Waals surface area contributed by atoms with Crippen molar-refractivity contribution in [2.45, 2.75) is 19.4 Å². The molecule has 1 atom stereocenters. The molecule has 0 aliphatic carbocycles. The first-order valence-corrected chi connectivity index (χ1v) is 8.67. The van der Waals surface area contributed by atoms with Gasteiger partial charge in [-0.15, -0.1) is 0 Å². The number of carboxylic acids is 1. The van der Waals surface area contributed by atoms with E-state index in [0.717, 1.165) is 0 Å². The number of aromatic carboxylic acids is 1. The van der Waals surface area contributed by atoms with Crippen molar-refractivity contribution in [2.24, 2.45) is 0 Å². The maximum atomic E-state index is 14.4. The summed E-state index contributed by atoms with van der Waals surface area (Å²) < 4.78 is 16.0. The second-order valence-corrected chi connectivity index (χ2v) is 6.67. The fraction of sp³-hybridized carbons (Fsp3) is 0.200. The first kappa shape index (κ1) is 19.1. The van der Waals surface area contributed by atoms with Gasteiger partial charge < -0.3 is 14.8 Å². The zero-order valence-electron chi connectivity index (χ0n) is 14.4. The fourth-order valence-corrected chi connectivity index (χ4v) is 3.45. The van der Waals surface area contributed by atoms with Crippen LogP contribution in [0.5, 0.6) is 0 Å². The number of aromatic nitrogens is 1. The van der Waals surface area contributed by atoms with Gasteiger partial charge in [0.1, 0.15) is 11.4 Å². The standard InChI is InChI=1S/C20H17ClFNO4/c1-11(10-24)23-15-8-3-2-6-13(15)19(25)17(20(26)27)16(23)9-12-5-4-7-14(21)18(12)22/h2-8,11,24H,9-10H2,1H3,(H,26,27). The fourth-order valence-electron chi connectivity index (χ4n) is 3.25. The predicted octanol–water partition coefficient (Wildman–Crippen LogP) is 3.64. The van der Waals surface area contributed by atoms with Crippen molar-refractivity contribution in [3.05, 3.63) is 80.3 Å². The highest BCUT2D eigenvalue weighted by atomic mass is 35.5. The molecule has 2 aromatic carbocycles. The van der Waals surface area contributed by atoms with Crippen LogP contribution in [-0.2, 0) is 6.42 Å². The third-order valence-corrected chi connectivity index (χ3v) is 4.81. The predicted molar refractivity (Wildman–Crippen MR) is 101 cm³/mol. The summed E-state index contributed by atoms with van der Waals surface area (Å²) in [7, 11) is 0. The Labute approximate surface area is 159 Å². The molecule has 3 aromatic rings. The molecule has 1 aromatic heterocycles. The van der Waals surface area contributed by atoms with Crippen molar-refractivity contribution in [2.75, 3.05) is 6.61 Å². The molecule has 5 nitrogen and oxygen atoms in total. The second-order valence-electron chi connectivity index (χ2n) is 6.26. The molecule has 0 saturated heterocycles. The van der Waals surface area contributed by atoms with Crippen LogP contribution in [-0.4, -0.2) is 27.4 Å². The number of rotatable bonds is 5.